The number of nitroso groups, excluding NO2 is 1. The van der Waals surface area contributed by atoms with E-state index in [4.69, 9.17) is 0 Å². The number of hydrogen-bond donors (Lipinski definition) is 0. The molecular formula is C23H47NO. The normalized spacial score (nSPS) is 12.4. The van der Waals surface area contributed by atoms with Gasteiger partial charge in [0.05, 0.1) is 6.54 Å². The third-order valence-corrected chi connectivity index (χ3v) is 5.51. The SMILES string of the molecule is CCCCCCCCCCCC(CCCCCCCCCC)CN=O. The van der Waals surface area contributed by atoms with E-state index in [1.165, 1.54) is 122 Å². The van der Waals surface area contributed by atoms with Gasteiger partial charge in [-0.15, -0.1) is 0 Å². The average molecular weight is 354 g/mol. The molecule has 0 aromatic carbocycles. The van der Waals surface area contributed by atoms with Crippen molar-refractivity contribution in [2.24, 2.45) is 11.1 Å². The molecule has 0 saturated carbocycles. The molecule has 1 atom stereocenters. The lowest BCUT2D eigenvalue weighted by Gasteiger charge is -2.13. The molecule has 0 aliphatic carbocycles. The molecule has 0 amide bonds. The van der Waals surface area contributed by atoms with Crippen molar-refractivity contribution in [3.8, 4) is 0 Å². The topological polar surface area (TPSA) is 29.4 Å². The highest BCUT2D eigenvalue weighted by Crippen LogP contribution is 2.20. The lowest BCUT2D eigenvalue weighted by atomic mass is 9.94. The third kappa shape index (κ3) is 19.8. The van der Waals surface area contributed by atoms with E-state index in [1.54, 1.807) is 0 Å². The zero-order chi connectivity index (χ0) is 18.4. The molecule has 0 heterocycles. The van der Waals surface area contributed by atoms with E-state index in [2.05, 4.69) is 19.0 Å². The Kier molecular flexibility index (Phi) is 21.3. The van der Waals surface area contributed by atoms with E-state index in [-0.39, 0.29) is 0 Å². The smallest absolute Gasteiger partial charge is 0.0839 e. The average Bonchev–Trinajstić information content (AvgIpc) is 2.62. The van der Waals surface area contributed by atoms with Crippen molar-refractivity contribution in [1.82, 2.24) is 0 Å². The van der Waals surface area contributed by atoms with Crippen LogP contribution in [0.25, 0.3) is 0 Å². The summed E-state index contributed by atoms with van der Waals surface area (Å²) in [4.78, 5) is 10.7. The van der Waals surface area contributed by atoms with Gasteiger partial charge in [-0.1, -0.05) is 128 Å². The van der Waals surface area contributed by atoms with Gasteiger partial charge >= 0.3 is 0 Å². The van der Waals surface area contributed by atoms with E-state index in [0.717, 1.165) is 0 Å². The highest BCUT2D eigenvalue weighted by Gasteiger charge is 2.08. The first-order chi connectivity index (χ1) is 12.3. The lowest BCUT2D eigenvalue weighted by Crippen LogP contribution is -2.04. The number of unbranched alkanes of at least 4 members (excludes halogenated alkanes) is 15. The first kappa shape index (κ1) is 24.6. The van der Waals surface area contributed by atoms with E-state index in [9.17, 15) is 4.91 Å². The molecule has 0 spiro atoms. The van der Waals surface area contributed by atoms with Crippen LogP contribution < -0.4 is 0 Å². The van der Waals surface area contributed by atoms with Crippen LogP contribution in [0.15, 0.2) is 5.18 Å². The fourth-order valence-corrected chi connectivity index (χ4v) is 3.74. The van der Waals surface area contributed by atoms with Gasteiger partial charge in [-0.05, 0) is 18.8 Å². The third-order valence-electron chi connectivity index (χ3n) is 5.51. The minimum Gasteiger partial charge on any atom is -0.151 e. The second-order valence-corrected chi connectivity index (χ2v) is 8.06. The number of rotatable bonds is 21. The molecule has 0 aromatic rings. The molecular weight excluding hydrogens is 306 g/mol. The molecule has 1 unspecified atom stereocenters. The Bertz CT molecular complexity index is 254. The molecule has 0 bridgehead atoms. The van der Waals surface area contributed by atoms with Crippen molar-refractivity contribution in [3.05, 3.63) is 4.91 Å². The molecule has 0 radical (unpaired) electrons. The Labute approximate surface area is 158 Å². The largest absolute Gasteiger partial charge is 0.151 e. The van der Waals surface area contributed by atoms with E-state index in [0.29, 0.717) is 12.5 Å². The number of hydrogen-bond acceptors (Lipinski definition) is 2. The summed E-state index contributed by atoms with van der Waals surface area (Å²) < 4.78 is 0. The fourth-order valence-electron chi connectivity index (χ4n) is 3.74. The van der Waals surface area contributed by atoms with Crippen LogP contribution in [0.2, 0.25) is 0 Å². The van der Waals surface area contributed by atoms with Gasteiger partial charge in [-0.2, -0.15) is 4.91 Å². The summed E-state index contributed by atoms with van der Waals surface area (Å²) in [5.41, 5.74) is 0. The minimum absolute atomic E-state index is 0.549. The first-order valence-electron chi connectivity index (χ1n) is 11.6. The Morgan fingerprint density at radius 2 is 0.840 bits per heavy atom. The van der Waals surface area contributed by atoms with Crippen molar-refractivity contribution >= 4 is 0 Å². The molecule has 25 heavy (non-hydrogen) atoms. The zero-order valence-electron chi connectivity index (χ0n) is 17.6. The molecule has 2 nitrogen and oxygen atoms in total. The summed E-state index contributed by atoms with van der Waals surface area (Å²) in [6, 6.07) is 0. The molecule has 0 saturated heterocycles. The molecule has 0 aliphatic rings. The van der Waals surface area contributed by atoms with Gasteiger partial charge in [0.1, 0.15) is 0 Å². The highest BCUT2D eigenvalue weighted by molar-refractivity contribution is 4.63. The van der Waals surface area contributed by atoms with Crippen molar-refractivity contribution in [3.63, 3.8) is 0 Å². The summed E-state index contributed by atoms with van der Waals surface area (Å²) in [6.45, 7) is 5.10. The van der Waals surface area contributed by atoms with Crippen molar-refractivity contribution in [2.45, 2.75) is 136 Å². The van der Waals surface area contributed by atoms with Gasteiger partial charge in [-0.3, -0.25) is 0 Å². The minimum atomic E-state index is 0.549. The van der Waals surface area contributed by atoms with Crippen LogP contribution in [0.5, 0.6) is 0 Å². The highest BCUT2D eigenvalue weighted by atomic mass is 16.3. The lowest BCUT2D eigenvalue weighted by molar-refractivity contribution is 0.409. The second-order valence-electron chi connectivity index (χ2n) is 8.06. The molecule has 0 rings (SSSR count). The Hall–Kier alpha value is -0.400. The second kappa shape index (κ2) is 21.6. The van der Waals surface area contributed by atoms with Gasteiger partial charge in [0.2, 0.25) is 0 Å². The Balaban J connectivity index is 3.44. The standard InChI is InChI=1S/C23H47NO/c1-3-5-7-9-11-13-15-17-19-21-23(22-24-25)20-18-16-14-12-10-8-6-4-2/h23H,3-22H2,1-2H3. The van der Waals surface area contributed by atoms with Crippen molar-refractivity contribution < 1.29 is 0 Å². The van der Waals surface area contributed by atoms with E-state index >= 15 is 0 Å². The zero-order valence-corrected chi connectivity index (χ0v) is 17.6. The van der Waals surface area contributed by atoms with Gasteiger partial charge in [0.25, 0.3) is 0 Å². The summed E-state index contributed by atoms with van der Waals surface area (Å²) in [6.07, 6.45) is 25.8. The van der Waals surface area contributed by atoms with Crippen LogP contribution in [0, 0.1) is 10.8 Å². The van der Waals surface area contributed by atoms with Crippen molar-refractivity contribution in [2.75, 3.05) is 6.54 Å². The maximum atomic E-state index is 10.7. The van der Waals surface area contributed by atoms with Gasteiger partial charge in [0, 0.05) is 0 Å². The number of nitrogens with zero attached hydrogens (tertiary/aromatic N) is 1. The van der Waals surface area contributed by atoms with Crippen LogP contribution in [0.3, 0.4) is 0 Å². The maximum Gasteiger partial charge on any atom is 0.0839 e. The van der Waals surface area contributed by atoms with Crippen molar-refractivity contribution in [1.29, 1.82) is 0 Å². The molecule has 0 aliphatic heterocycles. The predicted molar refractivity (Wildman–Crippen MR) is 113 cm³/mol. The maximum absolute atomic E-state index is 10.7. The molecule has 150 valence electrons. The quantitative estimate of drug-likeness (QED) is 0.150. The Morgan fingerprint density at radius 1 is 0.520 bits per heavy atom. The van der Waals surface area contributed by atoms with Crippen LogP contribution >= 0.6 is 0 Å². The van der Waals surface area contributed by atoms with E-state index in [1.807, 2.05) is 0 Å². The molecule has 0 N–H and O–H groups in total. The van der Waals surface area contributed by atoms with Gasteiger partial charge in [0.15, 0.2) is 0 Å². The molecule has 0 fully saturated rings. The summed E-state index contributed by atoms with van der Waals surface area (Å²) in [7, 11) is 0. The monoisotopic (exact) mass is 353 g/mol. The Morgan fingerprint density at radius 3 is 1.16 bits per heavy atom. The van der Waals surface area contributed by atoms with Crippen LogP contribution in [0.4, 0.5) is 0 Å². The summed E-state index contributed by atoms with van der Waals surface area (Å²) in [5, 5.41) is 3.19. The van der Waals surface area contributed by atoms with Gasteiger partial charge in [-0.25, -0.2) is 0 Å². The van der Waals surface area contributed by atoms with Crippen LogP contribution in [0.1, 0.15) is 136 Å². The summed E-state index contributed by atoms with van der Waals surface area (Å²) >= 11 is 0. The van der Waals surface area contributed by atoms with Crippen LogP contribution in [-0.4, -0.2) is 6.54 Å². The molecule has 0 aromatic heterocycles. The fraction of sp³-hybridized carbons (Fsp3) is 1.00. The predicted octanol–water partition coefficient (Wildman–Crippen LogP) is 8.82. The van der Waals surface area contributed by atoms with Crippen LogP contribution in [-0.2, 0) is 0 Å². The van der Waals surface area contributed by atoms with Gasteiger partial charge < -0.3 is 0 Å². The first-order valence-corrected chi connectivity index (χ1v) is 11.6. The van der Waals surface area contributed by atoms with E-state index < -0.39 is 0 Å². The molecule has 2 heteroatoms. The summed E-state index contributed by atoms with van der Waals surface area (Å²) in [5.74, 6) is 0.558.